The van der Waals surface area contributed by atoms with Crippen LogP contribution in [0.15, 0.2) is 48.5 Å². The largest absolute Gasteiger partial charge is 0.484 e. The number of benzene rings is 2. The van der Waals surface area contributed by atoms with Crippen molar-refractivity contribution in [2.24, 2.45) is 0 Å². The Kier molecular flexibility index (Phi) is 6.44. The Hall–Kier alpha value is -3.47. The Morgan fingerprint density at radius 2 is 1.85 bits per heavy atom. The lowest BCUT2D eigenvalue weighted by atomic mass is 10.1. The van der Waals surface area contributed by atoms with E-state index < -0.39 is 30.2 Å². The Bertz CT molecular complexity index is 873. The van der Waals surface area contributed by atoms with Crippen LogP contribution in [-0.4, -0.2) is 25.0 Å². The van der Waals surface area contributed by atoms with Crippen molar-refractivity contribution in [3.05, 3.63) is 59.7 Å². The minimum atomic E-state index is -4.51. The van der Waals surface area contributed by atoms with Gasteiger partial charge in [0.25, 0.3) is 11.8 Å². The Labute approximate surface area is 153 Å². The first kappa shape index (κ1) is 19.8. The number of anilines is 1. The summed E-state index contributed by atoms with van der Waals surface area (Å²) in [6.45, 7) is -0.499. The molecule has 0 radical (unpaired) electrons. The maximum Gasteiger partial charge on any atom is 0.416 e. The second-order valence-electron chi connectivity index (χ2n) is 5.29. The van der Waals surface area contributed by atoms with Gasteiger partial charge in [0.1, 0.15) is 5.75 Å². The van der Waals surface area contributed by atoms with E-state index in [1.54, 1.807) is 12.1 Å². The van der Waals surface area contributed by atoms with Crippen LogP contribution in [0.5, 0.6) is 5.75 Å². The first-order chi connectivity index (χ1) is 12.8. The Morgan fingerprint density at radius 3 is 2.56 bits per heavy atom. The summed E-state index contributed by atoms with van der Waals surface area (Å²) in [7, 11) is 0. The number of rotatable bonds is 6. The molecule has 0 heterocycles. The molecule has 0 bridgehead atoms. The third kappa shape index (κ3) is 5.78. The van der Waals surface area contributed by atoms with E-state index in [9.17, 15) is 22.8 Å². The zero-order chi connectivity index (χ0) is 19.9. The van der Waals surface area contributed by atoms with Crippen LogP contribution in [0.2, 0.25) is 0 Å². The van der Waals surface area contributed by atoms with Crippen LogP contribution in [0.4, 0.5) is 18.9 Å². The molecular formula is C19H15F3N2O3. The van der Waals surface area contributed by atoms with Crippen molar-refractivity contribution in [3.63, 3.8) is 0 Å². The summed E-state index contributed by atoms with van der Waals surface area (Å²) < 4.78 is 43.1. The van der Waals surface area contributed by atoms with Crippen LogP contribution >= 0.6 is 0 Å². The van der Waals surface area contributed by atoms with Gasteiger partial charge in [-0.1, -0.05) is 24.1 Å². The molecule has 5 nitrogen and oxygen atoms in total. The maximum atomic E-state index is 12.7. The summed E-state index contributed by atoms with van der Waals surface area (Å²) >= 11 is 0. The molecule has 0 saturated carbocycles. The standard InChI is InChI=1S/C19H15F3N2O3/c1-2-10-23-18(26)15-8-3-4-9-16(15)24-17(25)12-27-14-7-5-6-13(11-14)19(20,21)22/h1,3-9,11H,10,12H2,(H,23,26)(H,24,25). The number of amides is 2. The summed E-state index contributed by atoms with van der Waals surface area (Å²) in [5, 5.41) is 4.96. The van der Waals surface area contributed by atoms with Crippen LogP contribution in [-0.2, 0) is 11.0 Å². The molecule has 0 fully saturated rings. The van der Waals surface area contributed by atoms with Gasteiger partial charge in [0.15, 0.2) is 6.61 Å². The van der Waals surface area contributed by atoms with Crippen LogP contribution < -0.4 is 15.4 Å². The summed E-state index contributed by atoms with van der Waals surface area (Å²) in [5.41, 5.74) is -0.458. The fraction of sp³-hybridized carbons (Fsp3) is 0.158. The second kappa shape index (κ2) is 8.76. The first-order valence-corrected chi connectivity index (χ1v) is 7.72. The van der Waals surface area contributed by atoms with E-state index in [-0.39, 0.29) is 23.5 Å². The average Bonchev–Trinajstić information content (AvgIpc) is 2.64. The summed E-state index contributed by atoms with van der Waals surface area (Å²) in [6, 6.07) is 10.4. The number of nitrogens with one attached hydrogen (secondary N) is 2. The van der Waals surface area contributed by atoms with Crippen molar-refractivity contribution in [3.8, 4) is 18.1 Å². The fourth-order valence-electron chi connectivity index (χ4n) is 2.11. The van der Waals surface area contributed by atoms with Crippen molar-refractivity contribution in [1.82, 2.24) is 5.32 Å². The van der Waals surface area contributed by atoms with E-state index in [0.717, 1.165) is 12.1 Å². The number of carbonyl (C=O) groups is 2. The minimum Gasteiger partial charge on any atom is -0.484 e. The number of alkyl halides is 3. The lowest BCUT2D eigenvalue weighted by Crippen LogP contribution is -2.26. The van der Waals surface area contributed by atoms with Crippen molar-refractivity contribution < 1.29 is 27.5 Å². The summed E-state index contributed by atoms with van der Waals surface area (Å²) in [6.07, 6.45) is 0.577. The molecule has 0 aromatic heterocycles. The minimum absolute atomic E-state index is 0.0276. The van der Waals surface area contributed by atoms with Gasteiger partial charge >= 0.3 is 6.18 Å². The molecule has 0 spiro atoms. The highest BCUT2D eigenvalue weighted by Gasteiger charge is 2.30. The van der Waals surface area contributed by atoms with Crippen LogP contribution in [0.1, 0.15) is 15.9 Å². The number of terminal acetylenes is 1. The predicted molar refractivity (Wildman–Crippen MR) is 93.2 cm³/mol. The van der Waals surface area contributed by atoms with Crippen LogP contribution in [0, 0.1) is 12.3 Å². The molecule has 2 rings (SSSR count). The maximum absolute atomic E-state index is 12.7. The normalized spacial score (nSPS) is 10.6. The number of hydrogen-bond acceptors (Lipinski definition) is 3. The van der Waals surface area contributed by atoms with Gasteiger partial charge in [0.05, 0.1) is 23.4 Å². The van der Waals surface area contributed by atoms with Crippen LogP contribution in [0.3, 0.4) is 0 Å². The van der Waals surface area contributed by atoms with Crippen LogP contribution in [0.25, 0.3) is 0 Å². The number of halogens is 3. The zero-order valence-electron chi connectivity index (χ0n) is 14.0. The van der Waals surface area contributed by atoms with Crippen molar-refractivity contribution in [2.75, 3.05) is 18.5 Å². The van der Waals surface area contributed by atoms with E-state index in [2.05, 4.69) is 16.6 Å². The lowest BCUT2D eigenvalue weighted by molar-refractivity contribution is -0.137. The number of ether oxygens (including phenoxy) is 1. The molecule has 140 valence electrons. The number of para-hydroxylation sites is 1. The van der Waals surface area contributed by atoms with Crippen molar-refractivity contribution in [2.45, 2.75) is 6.18 Å². The predicted octanol–water partition coefficient (Wildman–Crippen LogP) is 3.09. The SMILES string of the molecule is C#CCNC(=O)c1ccccc1NC(=O)COc1cccc(C(F)(F)F)c1. The Balaban J connectivity index is 2.01. The van der Waals surface area contributed by atoms with Crippen molar-refractivity contribution >= 4 is 17.5 Å². The molecule has 0 aliphatic heterocycles. The molecular weight excluding hydrogens is 361 g/mol. The van der Waals surface area contributed by atoms with Gasteiger partial charge in [0.2, 0.25) is 0 Å². The van der Waals surface area contributed by atoms with Gasteiger partial charge in [-0.25, -0.2) is 0 Å². The molecule has 0 saturated heterocycles. The number of hydrogen-bond donors (Lipinski definition) is 2. The molecule has 2 N–H and O–H groups in total. The third-order valence-electron chi connectivity index (χ3n) is 3.33. The van der Waals surface area contributed by atoms with E-state index in [0.29, 0.717) is 0 Å². The Morgan fingerprint density at radius 1 is 1.11 bits per heavy atom. The summed E-state index contributed by atoms with van der Waals surface area (Å²) in [5.74, 6) is 1.06. The third-order valence-corrected chi connectivity index (χ3v) is 3.33. The van der Waals surface area contributed by atoms with Crippen molar-refractivity contribution in [1.29, 1.82) is 0 Å². The van der Waals surface area contributed by atoms with E-state index in [4.69, 9.17) is 11.2 Å². The van der Waals surface area contributed by atoms with E-state index >= 15 is 0 Å². The smallest absolute Gasteiger partial charge is 0.416 e. The molecule has 2 aromatic carbocycles. The second-order valence-corrected chi connectivity index (χ2v) is 5.29. The zero-order valence-corrected chi connectivity index (χ0v) is 14.0. The monoisotopic (exact) mass is 376 g/mol. The van der Waals surface area contributed by atoms with Gasteiger partial charge in [-0.05, 0) is 30.3 Å². The van der Waals surface area contributed by atoms with Gasteiger partial charge in [-0.3, -0.25) is 9.59 Å². The molecule has 0 aliphatic rings. The molecule has 2 amide bonds. The topological polar surface area (TPSA) is 67.4 Å². The molecule has 0 unspecified atom stereocenters. The lowest BCUT2D eigenvalue weighted by Gasteiger charge is -2.12. The first-order valence-electron chi connectivity index (χ1n) is 7.72. The average molecular weight is 376 g/mol. The summed E-state index contributed by atoms with van der Waals surface area (Å²) in [4.78, 5) is 24.1. The molecule has 27 heavy (non-hydrogen) atoms. The molecule has 0 atom stereocenters. The van der Waals surface area contributed by atoms with Gasteiger partial charge in [0, 0.05) is 0 Å². The highest BCUT2D eigenvalue weighted by atomic mass is 19.4. The van der Waals surface area contributed by atoms with Gasteiger partial charge < -0.3 is 15.4 Å². The molecule has 8 heteroatoms. The van der Waals surface area contributed by atoms with E-state index in [1.165, 1.54) is 24.3 Å². The highest BCUT2D eigenvalue weighted by molar-refractivity contribution is 6.04. The van der Waals surface area contributed by atoms with E-state index in [1.807, 2.05) is 0 Å². The quantitative estimate of drug-likeness (QED) is 0.762. The highest BCUT2D eigenvalue weighted by Crippen LogP contribution is 2.31. The molecule has 2 aromatic rings. The fourth-order valence-corrected chi connectivity index (χ4v) is 2.11. The van der Waals surface area contributed by atoms with Gasteiger partial charge in [-0.2, -0.15) is 13.2 Å². The molecule has 0 aliphatic carbocycles. The van der Waals surface area contributed by atoms with Gasteiger partial charge in [-0.15, -0.1) is 6.42 Å². The number of carbonyl (C=O) groups excluding carboxylic acids is 2.